The Hall–Kier alpha value is -2.98. The highest BCUT2D eigenvalue weighted by Crippen LogP contribution is 2.36. The number of anilines is 3. The summed E-state index contributed by atoms with van der Waals surface area (Å²) in [7, 11) is 0. The maximum atomic E-state index is 13.1. The number of nitrogens with zero attached hydrogens (tertiary/aromatic N) is 1. The molecule has 3 aromatic rings. The molecule has 0 aromatic heterocycles. The second-order valence-corrected chi connectivity index (χ2v) is 6.28. The van der Waals surface area contributed by atoms with E-state index >= 15 is 0 Å². The standard InChI is InChI=1S/C21H16N2OS.C2H6.H2/c24-21(22-17-11-13-18(25)14-12-17)23-19-7-3-1-5-15(19)9-10-16-6-2-4-8-20(16)23;1-2;/h1-14,25H,(H,22,24);1-2H3;1H. The molecule has 0 unspecified atom stereocenters. The number of amides is 2. The van der Waals surface area contributed by atoms with Crippen LogP contribution in [0.5, 0.6) is 0 Å². The smallest absolute Gasteiger partial charge is 0.307 e. The van der Waals surface area contributed by atoms with Crippen molar-refractivity contribution in [3.63, 3.8) is 0 Å². The van der Waals surface area contributed by atoms with Gasteiger partial charge in [0.25, 0.3) is 0 Å². The average Bonchev–Trinajstić information content (AvgIpc) is 2.88. The zero-order valence-corrected chi connectivity index (χ0v) is 16.3. The molecule has 1 aliphatic heterocycles. The predicted octanol–water partition coefficient (Wildman–Crippen LogP) is 7.10. The third kappa shape index (κ3) is 4.07. The molecular weight excluding hydrogens is 352 g/mol. The van der Waals surface area contributed by atoms with Gasteiger partial charge in [-0.25, -0.2) is 4.79 Å². The molecule has 0 saturated carbocycles. The van der Waals surface area contributed by atoms with Gasteiger partial charge in [-0.15, -0.1) is 12.6 Å². The SMILES string of the molecule is CC.O=C(Nc1ccc(S)cc1)N1c2ccccc2C=Cc2ccccc21.[HH]. The van der Waals surface area contributed by atoms with Crippen molar-refractivity contribution in [3.8, 4) is 0 Å². The Labute approximate surface area is 167 Å². The third-order valence-electron chi connectivity index (χ3n) is 4.12. The Morgan fingerprint density at radius 2 is 1.30 bits per heavy atom. The summed E-state index contributed by atoms with van der Waals surface area (Å²) in [5.74, 6) is 0. The van der Waals surface area contributed by atoms with Gasteiger partial charge in [0, 0.05) is 12.0 Å². The van der Waals surface area contributed by atoms with E-state index in [1.54, 1.807) is 4.90 Å². The van der Waals surface area contributed by atoms with Gasteiger partial charge in [-0.1, -0.05) is 62.4 Å². The van der Waals surface area contributed by atoms with Crippen LogP contribution in [-0.2, 0) is 0 Å². The molecule has 0 atom stereocenters. The highest BCUT2D eigenvalue weighted by atomic mass is 32.1. The quantitative estimate of drug-likeness (QED) is 0.436. The van der Waals surface area contributed by atoms with Crippen molar-refractivity contribution in [2.24, 2.45) is 0 Å². The fourth-order valence-corrected chi connectivity index (χ4v) is 3.07. The van der Waals surface area contributed by atoms with E-state index in [0.717, 1.165) is 33.1 Å². The van der Waals surface area contributed by atoms with Crippen molar-refractivity contribution in [1.29, 1.82) is 0 Å². The molecule has 0 radical (unpaired) electrons. The minimum Gasteiger partial charge on any atom is -0.307 e. The molecule has 3 nitrogen and oxygen atoms in total. The van der Waals surface area contributed by atoms with Gasteiger partial charge in [-0.05, 0) is 47.5 Å². The van der Waals surface area contributed by atoms with E-state index in [-0.39, 0.29) is 7.46 Å². The molecular formula is C23H24N2OS. The van der Waals surface area contributed by atoms with Crippen LogP contribution in [0.2, 0.25) is 0 Å². The summed E-state index contributed by atoms with van der Waals surface area (Å²) in [6.45, 7) is 4.00. The molecule has 1 aliphatic rings. The first-order valence-electron chi connectivity index (χ1n) is 8.99. The van der Waals surface area contributed by atoms with Crippen LogP contribution in [0.3, 0.4) is 0 Å². The van der Waals surface area contributed by atoms with Crippen molar-refractivity contribution in [2.75, 3.05) is 10.2 Å². The second-order valence-electron chi connectivity index (χ2n) is 5.76. The van der Waals surface area contributed by atoms with Crippen molar-refractivity contribution >= 4 is 47.9 Å². The summed E-state index contributed by atoms with van der Waals surface area (Å²) in [4.78, 5) is 15.7. The van der Waals surface area contributed by atoms with Gasteiger partial charge in [0.1, 0.15) is 0 Å². The summed E-state index contributed by atoms with van der Waals surface area (Å²) in [6.07, 6.45) is 4.08. The van der Waals surface area contributed by atoms with Crippen LogP contribution in [0.15, 0.2) is 77.7 Å². The molecule has 0 spiro atoms. The summed E-state index contributed by atoms with van der Waals surface area (Å²) in [6, 6.07) is 22.9. The molecule has 2 amide bonds. The van der Waals surface area contributed by atoms with E-state index in [1.807, 2.05) is 98.8 Å². The first-order chi connectivity index (χ1) is 13.2. The minimum atomic E-state index is -0.199. The number of benzene rings is 3. The van der Waals surface area contributed by atoms with Gasteiger partial charge in [0.2, 0.25) is 0 Å². The molecule has 0 aliphatic carbocycles. The van der Waals surface area contributed by atoms with Gasteiger partial charge in [0.15, 0.2) is 0 Å². The maximum absolute atomic E-state index is 13.1. The van der Waals surface area contributed by atoms with Crippen LogP contribution in [-0.4, -0.2) is 6.03 Å². The molecule has 0 saturated heterocycles. The number of carbonyl (C=O) groups excluding carboxylic acids is 1. The van der Waals surface area contributed by atoms with Crippen LogP contribution >= 0.6 is 12.6 Å². The van der Waals surface area contributed by atoms with Crippen molar-refractivity contribution in [3.05, 3.63) is 83.9 Å². The van der Waals surface area contributed by atoms with E-state index in [1.165, 1.54) is 0 Å². The van der Waals surface area contributed by atoms with Gasteiger partial charge in [0.05, 0.1) is 11.4 Å². The number of carbonyl (C=O) groups is 1. The number of hydrogen-bond acceptors (Lipinski definition) is 2. The minimum absolute atomic E-state index is 0. The number of para-hydroxylation sites is 2. The van der Waals surface area contributed by atoms with Crippen LogP contribution in [0, 0.1) is 0 Å². The molecule has 1 N–H and O–H groups in total. The molecule has 3 aromatic carbocycles. The highest BCUT2D eigenvalue weighted by Gasteiger charge is 2.23. The third-order valence-corrected chi connectivity index (χ3v) is 4.42. The summed E-state index contributed by atoms with van der Waals surface area (Å²) < 4.78 is 0. The second kappa shape index (κ2) is 8.60. The largest absolute Gasteiger partial charge is 0.330 e. The Morgan fingerprint density at radius 3 is 1.81 bits per heavy atom. The van der Waals surface area contributed by atoms with Crippen LogP contribution in [0.4, 0.5) is 21.9 Å². The van der Waals surface area contributed by atoms with Gasteiger partial charge in [-0.2, -0.15) is 0 Å². The number of thiol groups is 1. The fourth-order valence-electron chi connectivity index (χ4n) is 2.92. The number of hydrogen-bond donors (Lipinski definition) is 2. The summed E-state index contributed by atoms with van der Waals surface area (Å²) >= 11 is 4.28. The van der Waals surface area contributed by atoms with Crippen LogP contribution < -0.4 is 10.2 Å². The molecule has 0 bridgehead atoms. The lowest BCUT2D eigenvalue weighted by Gasteiger charge is -2.25. The molecule has 4 heteroatoms. The summed E-state index contributed by atoms with van der Waals surface area (Å²) in [5.41, 5.74) is 4.44. The van der Waals surface area contributed by atoms with Gasteiger partial charge in [-0.3, -0.25) is 4.90 Å². The van der Waals surface area contributed by atoms with Gasteiger partial charge >= 0.3 is 6.03 Å². The van der Waals surface area contributed by atoms with Crippen molar-refractivity contribution < 1.29 is 6.22 Å². The van der Waals surface area contributed by atoms with Crippen molar-refractivity contribution in [2.45, 2.75) is 18.7 Å². The van der Waals surface area contributed by atoms with E-state index in [4.69, 9.17) is 0 Å². The zero-order valence-electron chi connectivity index (χ0n) is 15.4. The normalized spacial score (nSPS) is 11.4. The van der Waals surface area contributed by atoms with E-state index in [2.05, 4.69) is 17.9 Å². The molecule has 0 fully saturated rings. The Kier molecular flexibility index (Phi) is 5.99. The van der Waals surface area contributed by atoms with Crippen LogP contribution in [0.1, 0.15) is 26.4 Å². The van der Waals surface area contributed by atoms with Crippen LogP contribution in [0.25, 0.3) is 12.2 Å². The number of rotatable bonds is 1. The lowest BCUT2D eigenvalue weighted by Crippen LogP contribution is -2.31. The number of nitrogens with one attached hydrogen (secondary N) is 1. The first kappa shape index (κ1) is 18.8. The van der Waals surface area contributed by atoms with E-state index in [0.29, 0.717) is 0 Å². The average molecular weight is 377 g/mol. The maximum Gasteiger partial charge on any atom is 0.330 e. The molecule has 138 valence electrons. The fraction of sp³-hybridized carbons (Fsp3) is 0.0870. The molecule has 4 rings (SSSR count). The zero-order chi connectivity index (χ0) is 19.2. The Bertz CT molecular complexity index is 921. The van der Waals surface area contributed by atoms with Crippen molar-refractivity contribution in [1.82, 2.24) is 0 Å². The number of fused-ring (bicyclic) bond motifs is 2. The molecule has 27 heavy (non-hydrogen) atoms. The molecule has 1 heterocycles. The first-order valence-corrected chi connectivity index (χ1v) is 9.43. The predicted molar refractivity (Wildman–Crippen MR) is 120 cm³/mol. The monoisotopic (exact) mass is 376 g/mol. The highest BCUT2D eigenvalue weighted by molar-refractivity contribution is 7.80. The topological polar surface area (TPSA) is 32.3 Å². The van der Waals surface area contributed by atoms with Gasteiger partial charge < -0.3 is 5.32 Å². The lowest BCUT2D eigenvalue weighted by molar-refractivity contribution is 0.259. The van der Waals surface area contributed by atoms with E-state index < -0.39 is 0 Å². The van der Waals surface area contributed by atoms with E-state index in [9.17, 15) is 4.79 Å². The Balaban J connectivity index is 0.000000906. The number of urea groups is 1. The lowest BCUT2D eigenvalue weighted by atomic mass is 10.1. The Morgan fingerprint density at radius 1 is 0.815 bits per heavy atom. The summed E-state index contributed by atoms with van der Waals surface area (Å²) in [5, 5.41) is 2.97.